The molecule has 0 spiro atoms. The SMILES string of the molecule is CC(C)C[C@H](NC(=O)c1cc(Br)c[nH]1)C(=O)Nc1nccs1. The van der Waals surface area contributed by atoms with E-state index in [-0.39, 0.29) is 17.7 Å². The van der Waals surface area contributed by atoms with Gasteiger partial charge in [-0.25, -0.2) is 4.98 Å². The topological polar surface area (TPSA) is 86.9 Å². The normalized spacial score (nSPS) is 12.2. The molecule has 0 saturated carbocycles. The fourth-order valence-electron chi connectivity index (χ4n) is 1.92. The van der Waals surface area contributed by atoms with Gasteiger partial charge in [0.15, 0.2) is 5.13 Å². The van der Waals surface area contributed by atoms with Gasteiger partial charge in [-0.15, -0.1) is 11.3 Å². The van der Waals surface area contributed by atoms with E-state index in [9.17, 15) is 9.59 Å². The average molecular weight is 385 g/mol. The second-order valence-electron chi connectivity index (χ2n) is 5.21. The van der Waals surface area contributed by atoms with E-state index in [2.05, 4.69) is 36.5 Å². The number of amides is 2. The Morgan fingerprint density at radius 3 is 2.77 bits per heavy atom. The van der Waals surface area contributed by atoms with Crippen molar-refractivity contribution >= 4 is 44.2 Å². The highest BCUT2D eigenvalue weighted by molar-refractivity contribution is 9.10. The zero-order valence-electron chi connectivity index (χ0n) is 12.2. The molecule has 0 bridgehead atoms. The largest absolute Gasteiger partial charge is 0.356 e. The maximum atomic E-state index is 12.3. The lowest BCUT2D eigenvalue weighted by atomic mass is 10.0. The van der Waals surface area contributed by atoms with Crippen LogP contribution in [-0.2, 0) is 4.79 Å². The van der Waals surface area contributed by atoms with Crippen LogP contribution in [0.2, 0.25) is 0 Å². The van der Waals surface area contributed by atoms with Crippen molar-refractivity contribution in [3.63, 3.8) is 0 Å². The molecule has 0 aliphatic carbocycles. The Balaban J connectivity index is 2.05. The molecule has 118 valence electrons. The highest BCUT2D eigenvalue weighted by Crippen LogP contribution is 2.14. The molecule has 22 heavy (non-hydrogen) atoms. The van der Waals surface area contributed by atoms with Crippen molar-refractivity contribution in [2.75, 3.05) is 5.32 Å². The smallest absolute Gasteiger partial charge is 0.268 e. The Hall–Kier alpha value is -1.67. The summed E-state index contributed by atoms with van der Waals surface area (Å²) in [7, 11) is 0. The van der Waals surface area contributed by atoms with E-state index < -0.39 is 6.04 Å². The van der Waals surface area contributed by atoms with Crippen LogP contribution in [0.1, 0.15) is 30.8 Å². The molecule has 6 nitrogen and oxygen atoms in total. The molecule has 2 rings (SSSR count). The Kier molecular flexibility index (Phi) is 5.73. The highest BCUT2D eigenvalue weighted by atomic mass is 79.9. The minimum absolute atomic E-state index is 0.261. The van der Waals surface area contributed by atoms with Crippen LogP contribution in [0.5, 0.6) is 0 Å². The Morgan fingerprint density at radius 1 is 1.45 bits per heavy atom. The van der Waals surface area contributed by atoms with Crippen molar-refractivity contribution in [1.82, 2.24) is 15.3 Å². The molecular formula is C14H17BrN4O2S. The molecule has 3 N–H and O–H groups in total. The lowest BCUT2D eigenvalue weighted by molar-refractivity contribution is -0.118. The Labute approximate surface area is 140 Å². The Morgan fingerprint density at radius 2 is 2.23 bits per heavy atom. The van der Waals surface area contributed by atoms with Gasteiger partial charge in [0.25, 0.3) is 5.91 Å². The number of H-pyrrole nitrogens is 1. The number of anilines is 1. The minimum Gasteiger partial charge on any atom is -0.356 e. The zero-order valence-corrected chi connectivity index (χ0v) is 14.6. The first kappa shape index (κ1) is 16.7. The van der Waals surface area contributed by atoms with Gasteiger partial charge in [0, 0.05) is 22.2 Å². The Bertz CT molecular complexity index is 639. The van der Waals surface area contributed by atoms with Crippen molar-refractivity contribution in [2.24, 2.45) is 5.92 Å². The number of carbonyl (C=O) groups is 2. The number of aromatic amines is 1. The van der Waals surface area contributed by atoms with E-state index in [1.165, 1.54) is 11.3 Å². The van der Waals surface area contributed by atoms with Crippen LogP contribution < -0.4 is 10.6 Å². The first-order valence-electron chi connectivity index (χ1n) is 6.81. The van der Waals surface area contributed by atoms with Gasteiger partial charge in [-0.3, -0.25) is 9.59 Å². The molecular weight excluding hydrogens is 368 g/mol. The van der Waals surface area contributed by atoms with Crippen LogP contribution in [-0.4, -0.2) is 27.8 Å². The molecule has 2 heterocycles. The van der Waals surface area contributed by atoms with Crippen LogP contribution >= 0.6 is 27.3 Å². The number of halogens is 1. The van der Waals surface area contributed by atoms with Crippen molar-refractivity contribution < 1.29 is 9.59 Å². The summed E-state index contributed by atoms with van der Waals surface area (Å²) in [6, 6.07) is 1.05. The van der Waals surface area contributed by atoms with Crippen LogP contribution in [0.15, 0.2) is 28.3 Å². The molecule has 0 radical (unpaired) electrons. The number of rotatable bonds is 6. The fourth-order valence-corrected chi connectivity index (χ4v) is 2.79. The molecule has 0 aliphatic rings. The quantitative estimate of drug-likeness (QED) is 0.715. The van der Waals surface area contributed by atoms with E-state index in [1.54, 1.807) is 23.8 Å². The van der Waals surface area contributed by atoms with Crippen LogP contribution in [0, 0.1) is 5.92 Å². The number of nitrogens with one attached hydrogen (secondary N) is 3. The summed E-state index contributed by atoms with van der Waals surface area (Å²) < 4.78 is 0.783. The van der Waals surface area contributed by atoms with Gasteiger partial charge < -0.3 is 15.6 Å². The predicted molar refractivity (Wildman–Crippen MR) is 89.9 cm³/mol. The van der Waals surface area contributed by atoms with Gasteiger partial charge in [0.2, 0.25) is 5.91 Å². The number of thiazole rings is 1. The maximum absolute atomic E-state index is 12.3. The lowest BCUT2D eigenvalue weighted by Crippen LogP contribution is -2.44. The van der Waals surface area contributed by atoms with E-state index in [0.717, 1.165) is 4.47 Å². The molecule has 0 saturated heterocycles. The molecule has 0 aromatic carbocycles. The summed E-state index contributed by atoms with van der Waals surface area (Å²) in [4.78, 5) is 31.4. The zero-order chi connectivity index (χ0) is 16.1. The summed E-state index contributed by atoms with van der Waals surface area (Å²) in [6.45, 7) is 4.00. The number of carbonyl (C=O) groups excluding carboxylic acids is 2. The van der Waals surface area contributed by atoms with E-state index in [1.807, 2.05) is 13.8 Å². The average Bonchev–Trinajstić information content (AvgIpc) is 3.08. The number of hydrogen-bond donors (Lipinski definition) is 3. The van der Waals surface area contributed by atoms with Crippen LogP contribution in [0.4, 0.5) is 5.13 Å². The summed E-state index contributed by atoms with van der Waals surface area (Å²) in [5, 5.41) is 7.79. The van der Waals surface area contributed by atoms with E-state index in [0.29, 0.717) is 17.2 Å². The summed E-state index contributed by atoms with van der Waals surface area (Å²) >= 11 is 4.62. The molecule has 8 heteroatoms. The monoisotopic (exact) mass is 384 g/mol. The first-order valence-corrected chi connectivity index (χ1v) is 8.48. The molecule has 0 fully saturated rings. The van der Waals surface area contributed by atoms with E-state index in [4.69, 9.17) is 0 Å². The van der Waals surface area contributed by atoms with Crippen molar-refractivity contribution in [3.8, 4) is 0 Å². The molecule has 0 unspecified atom stereocenters. The van der Waals surface area contributed by atoms with Gasteiger partial charge in [0.05, 0.1) is 0 Å². The maximum Gasteiger partial charge on any atom is 0.268 e. The van der Waals surface area contributed by atoms with Gasteiger partial charge in [-0.1, -0.05) is 13.8 Å². The molecule has 0 aliphatic heterocycles. The standard InChI is InChI=1S/C14H17BrN4O2S/c1-8(2)5-11(13(21)19-14-16-3-4-22-14)18-12(20)10-6-9(15)7-17-10/h3-4,6-8,11,17H,5H2,1-2H3,(H,18,20)(H,16,19,21)/t11-/m0/s1. The molecule has 2 aromatic heterocycles. The number of aromatic nitrogens is 2. The van der Waals surface area contributed by atoms with Crippen molar-refractivity contribution in [2.45, 2.75) is 26.3 Å². The second kappa shape index (κ2) is 7.55. The van der Waals surface area contributed by atoms with Crippen molar-refractivity contribution in [3.05, 3.63) is 34.0 Å². The van der Waals surface area contributed by atoms with Gasteiger partial charge in [0.1, 0.15) is 11.7 Å². The minimum atomic E-state index is -0.613. The second-order valence-corrected chi connectivity index (χ2v) is 7.02. The predicted octanol–water partition coefficient (Wildman–Crippen LogP) is 3.02. The molecule has 2 amide bonds. The number of hydrogen-bond acceptors (Lipinski definition) is 4. The highest BCUT2D eigenvalue weighted by Gasteiger charge is 2.23. The van der Waals surface area contributed by atoms with E-state index >= 15 is 0 Å². The van der Waals surface area contributed by atoms with Crippen LogP contribution in [0.3, 0.4) is 0 Å². The van der Waals surface area contributed by atoms with Gasteiger partial charge in [-0.2, -0.15) is 0 Å². The molecule has 1 atom stereocenters. The van der Waals surface area contributed by atoms with Crippen molar-refractivity contribution in [1.29, 1.82) is 0 Å². The van der Waals surface area contributed by atoms with Gasteiger partial charge >= 0.3 is 0 Å². The molecule has 2 aromatic rings. The third-order valence-corrected chi connectivity index (χ3v) is 4.03. The van der Waals surface area contributed by atoms with Crippen LogP contribution in [0.25, 0.3) is 0 Å². The fraction of sp³-hybridized carbons (Fsp3) is 0.357. The van der Waals surface area contributed by atoms with Gasteiger partial charge in [-0.05, 0) is 34.3 Å². The summed E-state index contributed by atoms with van der Waals surface area (Å²) in [6.07, 6.45) is 3.83. The summed E-state index contributed by atoms with van der Waals surface area (Å²) in [5.41, 5.74) is 0.405. The first-order chi connectivity index (χ1) is 10.5. The summed E-state index contributed by atoms with van der Waals surface area (Å²) in [5.74, 6) is -0.309. The number of nitrogens with zero attached hydrogens (tertiary/aromatic N) is 1. The third kappa shape index (κ3) is 4.67. The third-order valence-electron chi connectivity index (χ3n) is 2.88. The lowest BCUT2D eigenvalue weighted by Gasteiger charge is -2.19.